The van der Waals surface area contributed by atoms with Crippen molar-refractivity contribution in [2.75, 3.05) is 18.0 Å². The van der Waals surface area contributed by atoms with Crippen LogP contribution in [0.4, 0.5) is 5.13 Å². The third-order valence-electron chi connectivity index (χ3n) is 6.87. The van der Waals surface area contributed by atoms with E-state index >= 15 is 0 Å². The van der Waals surface area contributed by atoms with E-state index in [0.29, 0.717) is 33.1 Å². The Morgan fingerprint density at radius 1 is 1.16 bits per heavy atom. The minimum atomic E-state index is -0.879. The third-order valence-corrected chi connectivity index (χ3v) is 8.94. The van der Waals surface area contributed by atoms with Crippen molar-refractivity contribution in [2.24, 2.45) is 11.8 Å². The summed E-state index contributed by atoms with van der Waals surface area (Å²) < 4.78 is 0. The number of anilines is 1. The third kappa shape index (κ3) is 3.72. The van der Waals surface area contributed by atoms with E-state index in [1.54, 1.807) is 6.92 Å². The lowest BCUT2D eigenvalue weighted by atomic mass is 9.86. The minimum Gasteiger partial charge on any atom is -0.477 e. The molecule has 1 amide bonds. The Kier molecular flexibility index (Phi) is 5.43. The van der Waals surface area contributed by atoms with Crippen LogP contribution in [0.15, 0.2) is 0 Å². The number of aromatic amines is 1. The Hall–Kier alpha value is -1.77. The SMILES string of the molecule is Cc1[nH]c(C(=O)N[C@@H]2[C@@H]3CN(c4nc(C5CCCCC5)c(C(=O)O)s4)C[C@@H]32)c(Cl)c1Cl. The van der Waals surface area contributed by atoms with Crippen molar-refractivity contribution in [1.82, 2.24) is 15.3 Å². The number of aryl methyl sites for hydroxylation is 1. The summed E-state index contributed by atoms with van der Waals surface area (Å²) in [6, 6.07) is 0.0962. The number of aromatic nitrogens is 2. The second-order valence-electron chi connectivity index (χ2n) is 8.84. The smallest absolute Gasteiger partial charge is 0.347 e. The van der Waals surface area contributed by atoms with Crippen molar-refractivity contribution in [3.05, 3.63) is 32.0 Å². The molecule has 0 aromatic carbocycles. The van der Waals surface area contributed by atoms with Crippen LogP contribution in [0.2, 0.25) is 10.0 Å². The summed E-state index contributed by atoms with van der Waals surface area (Å²) in [4.78, 5) is 34.7. The summed E-state index contributed by atoms with van der Waals surface area (Å²) in [5, 5.41) is 14.2. The van der Waals surface area contributed by atoms with Crippen LogP contribution in [-0.4, -0.2) is 46.1 Å². The highest BCUT2D eigenvalue weighted by Gasteiger charge is 2.57. The topological polar surface area (TPSA) is 98.3 Å². The largest absolute Gasteiger partial charge is 0.477 e. The number of hydrogen-bond acceptors (Lipinski definition) is 5. The molecule has 3 N–H and O–H groups in total. The molecular weight excluding hydrogens is 459 g/mol. The zero-order chi connectivity index (χ0) is 21.9. The molecule has 3 fully saturated rings. The number of amides is 1. The summed E-state index contributed by atoms with van der Waals surface area (Å²) in [5.74, 6) is -0.187. The van der Waals surface area contributed by atoms with Crippen molar-refractivity contribution >= 4 is 51.5 Å². The van der Waals surface area contributed by atoms with E-state index in [2.05, 4.69) is 15.2 Å². The standard InChI is InChI=1S/C21H24Cl2N4O3S/c1-9-13(22)14(23)17(24-9)19(28)25-16-11-7-27(8-12(11)16)21-26-15(18(31-21)20(29)30)10-5-3-2-4-6-10/h10-12,16,24H,2-8H2,1H3,(H,25,28)(H,29,30)/t11-,12+,16-. The van der Waals surface area contributed by atoms with Crippen LogP contribution in [0.25, 0.3) is 0 Å². The highest BCUT2D eigenvalue weighted by atomic mass is 35.5. The van der Waals surface area contributed by atoms with Crippen molar-refractivity contribution in [3.8, 4) is 0 Å². The lowest BCUT2D eigenvalue weighted by Crippen LogP contribution is -2.34. The van der Waals surface area contributed by atoms with Crippen LogP contribution in [0.1, 0.15) is 69.6 Å². The van der Waals surface area contributed by atoms with Crippen LogP contribution < -0.4 is 10.2 Å². The molecule has 5 rings (SSSR count). The van der Waals surface area contributed by atoms with E-state index in [1.807, 2.05) is 0 Å². The fraction of sp³-hybridized carbons (Fsp3) is 0.571. The minimum absolute atomic E-state index is 0.0962. The molecule has 0 radical (unpaired) electrons. The maximum absolute atomic E-state index is 12.6. The average Bonchev–Trinajstić information content (AvgIpc) is 3.16. The van der Waals surface area contributed by atoms with Gasteiger partial charge in [0.25, 0.3) is 5.91 Å². The Bertz CT molecular complexity index is 1030. The number of carboxylic acid groups (broad SMARTS) is 1. The number of hydrogen-bond donors (Lipinski definition) is 3. The van der Waals surface area contributed by atoms with Crippen LogP contribution in [0, 0.1) is 18.8 Å². The first-order chi connectivity index (χ1) is 14.8. The van der Waals surface area contributed by atoms with Crippen LogP contribution >= 0.6 is 34.5 Å². The summed E-state index contributed by atoms with van der Waals surface area (Å²) in [6.07, 6.45) is 5.54. The van der Waals surface area contributed by atoms with E-state index in [4.69, 9.17) is 28.2 Å². The van der Waals surface area contributed by atoms with Gasteiger partial charge in [-0.2, -0.15) is 0 Å². The molecule has 166 valence electrons. The molecule has 1 saturated heterocycles. The number of halogens is 2. The van der Waals surface area contributed by atoms with Crippen molar-refractivity contribution in [2.45, 2.75) is 51.0 Å². The van der Waals surface area contributed by atoms with Crippen LogP contribution in [0.5, 0.6) is 0 Å². The molecular formula is C21H24Cl2N4O3S. The number of carbonyl (C=O) groups is 2. The maximum Gasteiger partial charge on any atom is 0.347 e. The van der Waals surface area contributed by atoms with E-state index < -0.39 is 5.97 Å². The summed E-state index contributed by atoms with van der Waals surface area (Å²) >= 11 is 13.5. The molecule has 3 heterocycles. The highest BCUT2D eigenvalue weighted by Crippen LogP contribution is 2.48. The second-order valence-corrected chi connectivity index (χ2v) is 10.6. The van der Waals surface area contributed by atoms with E-state index in [1.165, 1.54) is 17.8 Å². The molecule has 0 spiro atoms. The van der Waals surface area contributed by atoms with Crippen LogP contribution in [-0.2, 0) is 0 Å². The fourth-order valence-electron chi connectivity index (χ4n) is 5.11. The van der Waals surface area contributed by atoms with Crippen molar-refractivity contribution < 1.29 is 14.7 Å². The van der Waals surface area contributed by atoms with Gasteiger partial charge in [0.1, 0.15) is 10.6 Å². The van der Waals surface area contributed by atoms with Gasteiger partial charge in [-0.15, -0.1) is 0 Å². The Morgan fingerprint density at radius 2 is 1.84 bits per heavy atom. The number of carboxylic acids is 1. The highest BCUT2D eigenvalue weighted by molar-refractivity contribution is 7.17. The van der Waals surface area contributed by atoms with Gasteiger partial charge in [-0.25, -0.2) is 9.78 Å². The Labute approximate surface area is 194 Å². The average molecular weight is 483 g/mol. The zero-order valence-electron chi connectivity index (χ0n) is 17.1. The first kappa shape index (κ1) is 21.1. The van der Waals surface area contributed by atoms with Gasteiger partial charge in [-0.1, -0.05) is 53.8 Å². The molecule has 2 saturated carbocycles. The van der Waals surface area contributed by atoms with Gasteiger partial charge in [-0.05, 0) is 19.8 Å². The summed E-state index contributed by atoms with van der Waals surface area (Å²) in [7, 11) is 0. The normalized spacial score (nSPS) is 25.5. The van der Waals surface area contributed by atoms with E-state index in [0.717, 1.165) is 49.6 Å². The number of H-pyrrole nitrogens is 1. The summed E-state index contributed by atoms with van der Waals surface area (Å²) in [5.41, 5.74) is 1.74. The monoisotopic (exact) mass is 482 g/mol. The van der Waals surface area contributed by atoms with Crippen molar-refractivity contribution in [1.29, 1.82) is 0 Å². The fourth-order valence-corrected chi connectivity index (χ4v) is 6.54. The Morgan fingerprint density at radius 3 is 2.42 bits per heavy atom. The number of carbonyl (C=O) groups excluding carboxylic acids is 1. The number of piperidine rings is 1. The number of rotatable bonds is 5. The number of nitrogens with zero attached hydrogens (tertiary/aromatic N) is 2. The maximum atomic E-state index is 12.6. The number of aromatic carboxylic acids is 1. The van der Waals surface area contributed by atoms with Gasteiger partial charge in [0.2, 0.25) is 0 Å². The van der Waals surface area contributed by atoms with Gasteiger partial charge in [0, 0.05) is 42.6 Å². The van der Waals surface area contributed by atoms with E-state index in [9.17, 15) is 14.7 Å². The molecule has 0 unspecified atom stereocenters. The van der Waals surface area contributed by atoms with E-state index in [-0.39, 0.29) is 22.9 Å². The molecule has 0 bridgehead atoms. The molecule has 31 heavy (non-hydrogen) atoms. The summed E-state index contributed by atoms with van der Waals surface area (Å²) in [6.45, 7) is 3.31. The zero-order valence-corrected chi connectivity index (χ0v) is 19.4. The molecule has 3 atom stereocenters. The van der Waals surface area contributed by atoms with Gasteiger partial charge in [0.15, 0.2) is 5.13 Å². The molecule has 2 aromatic heterocycles. The molecule has 10 heteroatoms. The first-order valence-electron chi connectivity index (χ1n) is 10.7. The molecule has 3 aliphatic rings. The first-order valence-corrected chi connectivity index (χ1v) is 12.3. The molecule has 2 aliphatic carbocycles. The lowest BCUT2D eigenvalue weighted by Gasteiger charge is -2.21. The van der Waals surface area contributed by atoms with Gasteiger partial charge in [0.05, 0.1) is 15.7 Å². The number of nitrogens with one attached hydrogen (secondary N) is 2. The number of thiazole rings is 1. The quantitative estimate of drug-likeness (QED) is 0.573. The Balaban J connectivity index is 1.24. The second kappa shape index (κ2) is 7.98. The number of fused-ring (bicyclic) bond motifs is 1. The van der Waals surface area contributed by atoms with Crippen LogP contribution in [0.3, 0.4) is 0 Å². The van der Waals surface area contributed by atoms with Gasteiger partial charge < -0.3 is 20.3 Å². The lowest BCUT2D eigenvalue weighted by molar-refractivity contribution is 0.0699. The molecule has 1 aliphatic heterocycles. The van der Waals surface area contributed by atoms with Gasteiger partial charge in [-0.3, -0.25) is 4.79 Å². The van der Waals surface area contributed by atoms with Gasteiger partial charge >= 0.3 is 5.97 Å². The molecule has 2 aromatic rings. The predicted octanol–water partition coefficient (Wildman–Crippen LogP) is 4.70. The molecule has 7 nitrogen and oxygen atoms in total. The predicted molar refractivity (Wildman–Crippen MR) is 121 cm³/mol. The van der Waals surface area contributed by atoms with Crippen molar-refractivity contribution in [3.63, 3.8) is 0 Å².